The molecule has 0 radical (unpaired) electrons. The monoisotopic (exact) mass is 202 g/mol. The number of aliphatic hydroxyl groups is 1. The van der Waals surface area contributed by atoms with Gasteiger partial charge in [0, 0.05) is 19.4 Å². The van der Waals surface area contributed by atoms with Crippen LogP contribution in [0.4, 0.5) is 17.6 Å². The Morgan fingerprint density at radius 2 is 2.08 bits per heavy atom. The van der Waals surface area contributed by atoms with Gasteiger partial charge in [-0.2, -0.15) is 0 Å². The lowest BCUT2D eigenvalue weighted by Gasteiger charge is -2.25. The molecule has 0 aromatic rings. The molecule has 0 amide bonds. The molecule has 1 aliphatic rings. The highest BCUT2D eigenvalue weighted by atomic mass is 19.3. The van der Waals surface area contributed by atoms with Crippen LogP contribution in [0.25, 0.3) is 0 Å². The average molecular weight is 202 g/mol. The average Bonchev–Trinajstić information content (AvgIpc) is 2.34. The molecule has 2 nitrogen and oxygen atoms in total. The molecule has 1 rings (SSSR count). The fraction of sp³-hybridized carbons (Fsp3) is 1.00. The van der Waals surface area contributed by atoms with Crippen molar-refractivity contribution in [3.8, 4) is 0 Å². The van der Waals surface area contributed by atoms with E-state index in [1.54, 1.807) is 0 Å². The first-order valence-electron chi connectivity index (χ1n) is 3.82. The van der Waals surface area contributed by atoms with E-state index in [0.29, 0.717) is 0 Å². The Morgan fingerprint density at radius 3 is 2.46 bits per heavy atom. The maximum Gasteiger partial charge on any atom is 0.310 e. The molecule has 1 atom stereocenters. The Kier molecular flexibility index (Phi) is 2.82. The Balaban J connectivity index is 2.56. The Labute approximate surface area is 72.5 Å². The summed E-state index contributed by atoms with van der Waals surface area (Å²) in [5.41, 5.74) is -1.79. The van der Waals surface area contributed by atoms with Crippen molar-refractivity contribution in [3.05, 3.63) is 0 Å². The summed E-state index contributed by atoms with van der Waals surface area (Å²) in [5, 5.41) is 9.34. The Bertz CT molecular complexity index is 175. The standard InChI is InChI=1S/C7H10F4O2/c8-5(9)7(10,11)3-6(12)1-2-13-4-6/h5,12H,1-4H2. The van der Waals surface area contributed by atoms with Gasteiger partial charge in [0.05, 0.1) is 12.2 Å². The predicted octanol–water partition coefficient (Wildman–Crippen LogP) is 1.43. The van der Waals surface area contributed by atoms with E-state index in [0.717, 1.165) is 0 Å². The van der Waals surface area contributed by atoms with Crippen LogP contribution >= 0.6 is 0 Å². The van der Waals surface area contributed by atoms with E-state index in [-0.39, 0.29) is 19.6 Å². The van der Waals surface area contributed by atoms with Crippen molar-refractivity contribution in [2.45, 2.75) is 30.8 Å². The highest BCUT2D eigenvalue weighted by Gasteiger charge is 2.49. The molecule has 13 heavy (non-hydrogen) atoms. The van der Waals surface area contributed by atoms with Crippen molar-refractivity contribution in [3.63, 3.8) is 0 Å². The summed E-state index contributed by atoms with van der Waals surface area (Å²) in [6.07, 6.45) is -5.00. The topological polar surface area (TPSA) is 29.5 Å². The van der Waals surface area contributed by atoms with E-state index in [1.165, 1.54) is 0 Å². The molecule has 0 bridgehead atoms. The first-order chi connectivity index (χ1) is 5.86. The van der Waals surface area contributed by atoms with E-state index >= 15 is 0 Å². The molecule has 6 heteroatoms. The zero-order chi connectivity index (χ0) is 10.1. The molecule has 1 unspecified atom stereocenters. The maximum atomic E-state index is 12.5. The van der Waals surface area contributed by atoms with Crippen LogP contribution in [0, 0.1) is 0 Å². The molecule has 0 aliphatic carbocycles. The number of hydrogen-bond donors (Lipinski definition) is 1. The van der Waals surface area contributed by atoms with E-state index in [4.69, 9.17) is 0 Å². The van der Waals surface area contributed by atoms with Crippen LogP contribution in [0.3, 0.4) is 0 Å². The minimum atomic E-state index is -4.14. The van der Waals surface area contributed by atoms with E-state index < -0.39 is 24.4 Å². The van der Waals surface area contributed by atoms with Crippen LogP contribution in [0.5, 0.6) is 0 Å². The van der Waals surface area contributed by atoms with Gasteiger partial charge in [0.15, 0.2) is 0 Å². The van der Waals surface area contributed by atoms with Crippen LogP contribution in [0.1, 0.15) is 12.8 Å². The maximum absolute atomic E-state index is 12.5. The van der Waals surface area contributed by atoms with Crippen molar-refractivity contribution in [2.24, 2.45) is 0 Å². The van der Waals surface area contributed by atoms with E-state index in [1.807, 2.05) is 0 Å². The molecule has 1 saturated heterocycles. The van der Waals surface area contributed by atoms with Crippen LogP contribution in [0.2, 0.25) is 0 Å². The van der Waals surface area contributed by atoms with Crippen molar-refractivity contribution in [1.29, 1.82) is 0 Å². The van der Waals surface area contributed by atoms with Crippen molar-refractivity contribution < 1.29 is 27.4 Å². The summed E-state index contributed by atoms with van der Waals surface area (Å²) in [4.78, 5) is 0. The van der Waals surface area contributed by atoms with Crippen LogP contribution in [-0.2, 0) is 4.74 Å². The number of rotatable bonds is 3. The molecular formula is C7H10F4O2. The molecule has 0 aromatic heterocycles. The van der Waals surface area contributed by atoms with Gasteiger partial charge in [-0.1, -0.05) is 0 Å². The number of halogens is 4. The zero-order valence-electron chi connectivity index (χ0n) is 6.77. The summed E-state index contributed by atoms with van der Waals surface area (Å²) in [6, 6.07) is 0. The molecule has 78 valence electrons. The second-order valence-electron chi connectivity index (χ2n) is 3.27. The molecule has 1 N–H and O–H groups in total. The lowest BCUT2D eigenvalue weighted by atomic mass is 9.95. The molecule has 0 saturated carbocycles. The number of ether oxygens (including phenoxy) is 1. The zero-order valence-corrected chi connectivity index (χ0v) is 6.77. The molecule has 1 aliphatic heterocycles. The smallest absolute Gasteiger partial charge is 0.310 e. The van der Waals surface area contributed by atoms with Crippen LogP contribution < -0.4 is 0 Å². The van der Waals surface area contributed by atoms with Crippen molar-refractivity contribution in [2.75, 3.05) is 13.2 Å². The van der Waals surface area contributed by atoms with Gasteiger partial charge in [-0.3, -0.25) is 0 Å². The minimum Gasteiger partial charge on any atom is -0.387 e. The third-order valence-electron chi connectivity index (χ3n) is 1.97. The fourth-order valence-electron chi connectivity index (χ4n) is 1.25. The van der Waals surface area contributed by atoms with Gasteiger partial charge >= 0.3 is 12.3 Å². The predicted molar refractivity (Wildman–Crippen MR) is 36.0 cm³/mol. The number of hydrogen-bond acceptors (Lipinski definition) is 2. The summed E-state index contributed by atoms with van der Waals surface area (Å²) >= 11 is 0. The van der Waals surface area contributed by atoms with Crippen LogP contribution in [0.15, 0.2) is 0 Å². The summed E-state index contributed by atoms with van der Waals surface area (Å²) in [5.74, 6) is -4.14. The highest BCUT2D eigenvalue weighted by molar-refractivity contribution is 4.89. The fourth-order valence-corrected chi connectivity index (χ4v) is 1.25. The normalized spacial score (nSPS) is 30.0. The Hall–Kier alpha value is -0.360. The SMILES string of the molecule is OC1(CC(F)(F)C(F)F)CCOC1. The van der Waals surface area contributed by atoms with Crippen molar-refractivity contribution in [1.82, 2.24) is 0 Å². The first-order valence-corrected chi connectivity index (χ1v) is 3.82. The van der Waals surface area contributed by atoms with Gasteiger partial charge in [0.1, 0.15) is 0 Å². The third-order valence-corrected chi connectivity index (χ3v) is 1.97. The van der Waals surface area contributed by atoms with Gasteiger partial charge in [-0.05, 0) is 0 Å². The van der Waals surface area contributed by atoms with Gasteiger partial charge in [-0.25, -0.2) is 17.6 Å². The van der Waals surface area contributed by atoms with Gasteiger partial charge in [0.2, 0.25) is 0 Å². The van der Waals surface area contributed by atoms with E-state index in [9.17, 15) is 22.7 Å². The van der Waals surface area contributed by atoms with Crippen LogP contribution in [-0.4, -0.2) is 36.3 Å². The van der Waals surface area contributed by atoms with Gasteiger partial charge in [0.25, 0.3) is 0 Å². The van der Waals surface area contributed by atoms with Gasteiger partial charge in [-0.15, -0.1) is 0 Å². The number of alkyl halides is 4. The quantitative estimate of drug-likeness (QED) is 0.701. The molecule has 0 aromatic carbocycles. The molecule has 1 fully saturated rings. The van der Waals surface area contributed by atoms with E-state index in [2.05, 4.69) is 4.74 Å². The molecule has 1 heterocycles. The first kappa shape index (κ1) is 10.7. The lowest BCUT2D eigenvalue weighted by Crippen LogP contribution is -2.40. The molecule has 0 spiro atoms. The van der Waals surface area contributed by atoms with Crippen molar-refractivity contribution >= 4 is 0 Å². The molecular weight excluding hydrogens is 192 g/mol. The summed E-state index contributed by atoms with van der Waals surface area (Å²) in [7, 11) is 0. The Morgan fingerprint density at radius 1 is 1.46 bits per heavy atom. The second kappa shape index (κ2) is 3.42. The second-order valence-corrected chi connectivity index (χ2v) is 3.27. The minimum absolute atomic E-state index is 0.0185. The highest BCUT2D eigenvalue weighted by Crippen LogP contribution is 2.35. The summed E-state index contributed by atoms with van der Waals surface area (Å²) < 4.78 is 53.1. The largest absolute Gasteiger partial charge is 0.387 e. The summed E-state index contributed by atoms with van der Waals surface area (Å²) in [6.45, 7) is -0.162. The lowest BCUT2D eigenvalue weighted by molar-refractivity contribution is -0.167. The van der Waals surface area contributed by atoms with Gasteiger partial charge < -0.3 is 9.84 Å². The third kappa shape index (κ3) is 2.54.